The van der Waals surface area contributed by atoms with Crippen LogP contribution in [0.4, 0.5) is 0 Å². The molecule has 0 unspecified atom stereocenters. The highest BCUT2D eigenvalue weighted by Gasteiger charge is 2.19. The summed E-state index contributed by atoms with van der Waals surface area (Å²) in [6.45, 7) is 3.18. The van der Waals surface area contributed by atoms with E-state index >= 15 is 0 Å². The summed E-state index contributed by atoms with van der Waals surface area (Å²) in [5.74, 6) is 0. The highest BCUT2D eigenvalue weighted by Crippen LogP contribution is 2.18. The maximum atomic E-state index is 3.53. The molecule has 3 N–H and O–H groups in total. The molecule has 0 saturated heterocycles. The Kier molecular flexibility index (Phi) is 3.62. The molecule has 1 aliphatic carbocycles. The standard InChI is InChI=1S/C15H21N3/c1-2-5-15-14(4-1)12(11-18-15)10-16-8-3-9-17-13-6-7-13/h1-2,4-5,11,13,16-18H,3,6-10H2. The number of para-hydroxylation sites is 1. The molecule has 1 aromatic heterocycles. The zero-order chi connectivity index (χ0) is 12.2. The zero-order valence-corrected chi connectivity index (χ0v) is 10.7. The van der Waals surface area contributed by atoms with Gasteiger partial charge in [0.2, 0.25) is 0 Å². The molecule has 3 nitrogen and oxygen atoms in total. The van der Waals surface area contributed by atoms with Gasteiger partial charge in [0.15, 0.2) is 0 Å². The average Bonchev–Trinajstić information content (AvgIpc) is 3.14. The molecule has 0 atom stereocenters. The fourth-order valence-corrected chi connectivity index (χ4v) is 2.31. The van der Waals surface area contributed by atoms with Gasteiger partial charge in [-0.1, -0.05) is 18.2 Å². The van der Waals surface area contributed by atoms with Crippen LogP contribution in [0.2, 0.25) is 0 Å². The van der Waals surface area contributed by atoms with Crippen molar-refractivity contribution < 1.29 is 0 Å². The van der Waals surface area contributed by atoms with Crippen LogP contribution in [-0.2, 0) is 6.54 Å². The molecule has 1 saturated carbocycles. The van der Waals surface area contributed by atoms with Crippen molar-refractivity contribution in [1.29, 1.82) is 0 Å². The smallest absolute Gasteiger partial charge is 0.0457 e. The maximum Gasteiger partial charge on any atom is 0.0457 e. The van der Waals surface area contributed by atoms with Crippen molar-refractivity contribution >= 4 is 10.9 Å². The first-order chi connectivity index (χ1) is 8.93. The third-order valence-electron chi connectivity index (χ3n) is 3.53. The number of benzene rings is 1. The van der Waals surface area contributed by atoms with Crippen molar-refractivity contribution in [3.63, 3.8) is 0 Å². The first-order valence-electron chi connectivity index (χ1n) is 6.92. The van der Waals surface area contributed by atoms with Gasteiger partial charge in [-0.05, 0) is 44.0 Å². The van der Waals surface area contributed by atoms with E-state index in [2.05, 4.69) is 46.1 Å². The van der Waals surface area contributed by atoms with Crippen molar-refractivity contribution in [3.8, 4) is 0 Å². The average molecular weight is 243 g/mol. The molecule has 1 aliphatic rings. The lowest BCUT2D eigenvalue weighted by Crippen LogP contribution is -2.23. The van der Waals surface area contributed by atoms with Gasteiger partial charge in [-0.15, -0.1) is 0 Å². The molecule has 0 aliphatic heterocycles. The van der Waals surface area contributed by atoms with E-state index < -0.39 is 0 Å². The van der Waals surface area contributed by atoms with Gasteiger partial charge in [0.1, 0.15) is 0 Å². The number of hydrogen-bond donors (Lipinski definition) is 3. The molecule has 0 bridgehead atoms. The van der Waals surface area contributed by atoms with E-state index in [1.807, 2.05) is 0 Å². The van der Waals surface area contributed by atoms with Crippen molar-refractivity contribution in [2.75, 3.05) is 13.1 Å². The maximum absolute atomic E-state index is 3.53. The van der Waals surface area contributed by atoms with Gasteiger partial charge in [-0.25, -0.2) is 0 Å². The molecule has 0 amide bonds. The van der Waals surface area contributed by atoms with Crippen molar-refractivity contribution in [1.82, 2.24) is 15.6 Å². The summed E-state index contributed by atoms with van der Waals surface area (Å²) in [4.78, 5) is 3.31. The minimum atomic E-state index is 0.832. The first kappa shape index (κ1) is 11.8. The Morgan fingerprint density at radius 1 is 1.17 bits per heavy atom. The largest absolute Gasteiger partial charge is 0.361 e. The molecule has 3 rings (SSSR count). The number of hydrogen-bond acceptors (Lipinski definition) is 2. The highest BCUT2D eigenvalue weighted by molar-refractivity contribution is 5.82. The predicted octanol–water partition coefficient (Wildman–Crippen LogP) is 2.40. The molecule has 2 aromatic rings. The molecular weight excluding hydrogens is 222 g/mol. The lowest BCUT2D eigenvalue weighted by molar-refractivity contribution is 0.594. The number of H-pyrrole nitrogens is 1. The van der Waals surface area contributed by atoms with Crippen LogP contribution in [0.3, 0.4) is 0 Å². The van der Waals surface area contributed by atoms with E-state index in [0.717, 1.165) is 25.7 Å². The van der Waals surface area contributed by atoms with E-state index in [0.29, 0.717) is 0 Å². The Morgan fingerprint density at radius 2 is 2.06 bits per heavy atom. The van der Waals surface area contributed by atoms with Gasteiger partial charge in [0.25, 0.3) is 0 Å². The van der Waals surface area contributed by atoms with E-state index in [-0.39, 0.29) is 0 Å². The Bertz CT molecular complexity index is 499. The predicted molar refractivity (Wildman–Crippen MR) is 75.6 cm³/mol. The summed E-state index contributed by atoms with van der Waals surface area (Å²) < 4.78 is 0. The summed E-state index contributed by atoms with van der Waals surface area (Å²) in [6, 6.07) is 9.30. The Labute approximate surface area is 108 Å². The van der Waals surface area contributed by atoms with E-state index in [1.165, 1.54) is 35.7 Å². The number of nitrogens with one attached hydrogen (secondary N) is 3. The lowest BCUT2D eigenvalue weighted by Gasteiger charge is -2.05. The summed E-state index contributed by atoms with van der Waals surface area (Å²) in [5.41, 5.74) is 2.59. The Morgan fingerprint density at radius 3 is 2.94 bits per heavy atom. The fraction of sp³-hybridized carbons (Fsp3) is 0.467. The second-order valence-corrected chi connectivity index (χ2v) is 5.12. The number of fused-ring (bicyclic) bond motifs is 1. The van der Waals surface area contributed by atoms with Gasteiger partial charge < -0.3 is 15.6 Å². The van der Waals surface area contributed by atoms with E-state index in [9.17, 15) is 0 Å². The molecule has 1 heterocycles. The Hall–Kier alpha value is -1.32. The summed E-state index contributed by atoms with van der Waals surface area (Å²) >= 11 is 0. The van der Waals surface area contributed by atoms with Crippen LogP contribution in [0.15, 0.2) is 30.5 Å². The van der Waals surface area contributed by atoms with Gasteiger partial charge in [-0.2, -0.15) is 0 Å². The highest BCUT2D eigenvalue weighted by atomic mass is 14.9. The van der Waals surface area contributed by atoms with Crippen LogP contribution in [0, 0.1) is 0 Å². The van der Waals surface area contributed by atoms with E-state index in [4.69, 9.17) is 0 Å². The van der Waals surface area contributed by atoms with Crippen LogP contribution < -0.4 is 10.6 Å². The zero-order valence-electron chi connectivity index (χ0n) is 10.7. The number of aromatic nitrogens is 1. The SMILES string of the molecule is c1ccc2c(CNCCCNC3CC3)c[nH]c2c1. The van der Waals surface area contributed by atoms with Crippen LogP contribution in [-0.4, -0.2) is 24.1 Å². The van der Waals surface area contributed by atoms with Crippen LogP contribution in [0.5, 0.6) is 0 Å². The fourth-order valence-electron chi connectivity index (χ4n) is 2.31. The minimum absolute atomic E-state index is 0.832. The van der Waals surface area contributed by atoms with Crippen molar-refractivity contribution in [3.05, 3.63) is 36.0 Å². The second kappa shape index (κ2) is 5.55. The van der Waals surface area contributed by atoms with Gasteiger partial charge in [-0.3, -0.25) is 0 Å². The van der Waals surface area contributed by atoms with Crippen LogP contribution in [0.25, 0.3) is 10.9 Å². The monoisotopic (exact) mass is 243 g/mol. The molecule has 0 radical (unpaired) electrons. The Balaban J connectivity index is 1.41. The third-order valence-corrected chi connectivity index (χ3v) is 3.53. The van der Waals surface area contributed by atoms with Gasteiger partial charge in [0, 0.05) is 29.7 Å². The van der Waals surface area contributed by atoms with Crippen molar-refractivity contribution in [2.24, 2.45) is 0 Å². The molecule has 1 fully saturated rings. The molecule has 96 valence electrons. The first-order valence-corrected chi connectivity index (χ1v) is 6.92. The summed E-state index contributed by atoms with van der Waals surface area (Å²) in [5, 5.41) is 8.38. The molecule has 1 aromatic carbocycles. The van der Waals surface area contributed by atoms with Crippen molar-refractivity contribution in [2.45, 2.75) is 31.8 Å². The summed E-state index contributed by atoms with van der Waals surface area (Å²) in [7, 11) is 0. The minimum Gasteiger partial charge on any atom is -0.361 e. The molecular formula is C15H21N3. The normalized spacial score (nSPS) is 15.3. The van der Waals surface area contributed by atoms with Crippen LogP contribution >= 0.6 is 0 Å². The molecule has 0 spiro atoms. The van der Waals surface area contributed by atoms with E-state index in [1.54, 1.807) is 0 Å². The van der Waals surface area contributed by atoms with Crippen LogP contribution in [0.1, 0.15) is 24.8 Å². The molecule has 18 heavy (non-hydrogen) atoms. The summed E-state index contributed by atoms with van der Waals surface area (Å²) in [6.07, 6.45) is 6.07. The lowest BCUT2D eigenvalue weighted by atomic mass is 10.2. The second-order valence-electron chi connectivity index (χ2n) is 5.12. The van der Waals surface area contributed by atoms with Gasteiger partial charge in [0.05, 0.1) is 0 Å². The number of rotatable bonds is 7. The molecule has 3 heteroatoms. The van der Waals surface area contributed by atoms with Gasteiger partial charge >= 0.3 is 0 Å². The number of aromatic amines is 1. The third kappa shape index (κ3) is 2.92. The topological polar surface area (TPSA) is 39.8 Å². The quantitative estimate of drug-likeness (QED) is 0.653.